The molecule has 10 nitrogen and oxygen atoms in total. The van der Waals surface area contributed by atoms with Crippen molar-refractivity contribution in [1.29, 1.82) is 0 Å². The van der Waals surface area contributed by atoms with Gasteiger partial charge >= 0.3 is 0 Å². The van der Waals surface area contributed by atoms with Crippen LogP contribution in [0.3, 0.4) is 0 Å². The molecule has 0 spiro atoms. The average molecular weight is 499 g/mol. The zero-order valence-electron chi connectivity index (χ0n) is 19.8. The van der Waals surface area contributed by atoms with Crippen LogP contribution < -0.4 is 9.64 Å². The highest BCUT2D eigenvalue weighted by atomic mass is 32.1. The van der Waals surface area contributed by atoms with E-state index in [4.69, 9.17) is 19.4 Å². The monoisotopic (exact) mass is 498 g/mol. The van der Waals surface area contributed by atoms with Gasteiger partial charge in [-0.05, 0) is 12.1 Å². The maximum absolute atomic E-state index is 10.7. The van der Waals surface area contributed by atoms with Gasteiger partial charge in [-0.2, -0.15) is 0 Å². The van der Waals surface area contributed by atoms with Crippen LogP contribution in [0.1, 0.15) is 4.88 Å². The summed E-state index contributed by atoms with van der Waals surface area (Å²) >= 11 is 1.75. The molecule has 5 rings (SSSR count). The Morgan fingerprint density at radius 1 is 1.14 bits per heavy atom. The summed E-state index contributed by atoms with van der Waals surface area (Å²) in [6.07, 6.45) is 1.45. The highest BCUT2D eigenvalue weighted by Gasteiger charge is 2.23. The van der Waals surface area contributed by atoms with Gasteiger partial charge in [0.15, 0.2) is 11.6 Å². The molecule has 2 aliphatic heterocycles. The molecule has 2 aliphatic rings. The number of aliphatic hydroxyl groups excluding tert-OH is 1. The molecule has 35 heavy (non-hydrogen) atoms. The van der Waals surface area contributed by atoms with Gasteiger partial charge in [0, 0.05) is 75.1 Å². The summed E-state index contributed by atoms with van der Waals surface area (Å²) < 4.78 is 11.9. The van der Waals surface area contributed by atoms with Gasteiger partial charge in [0.2, 0.25) is 5.88 Å². The number of aliphatic hydroxyl groups is 1. The van der Waals surface area contributed by atoms with Crippen molar-refractivity contribution < 1.29 is 19.4 Å². The molecule has 0 aliphatic carbocycles. The van der Waals surface area contributed by atoms with E-state index in [1.165, 1.54) is 4.88 Å². The fourth-order valence-corrected chi connectivity index (χ4v) is 5.61. The number of carbonyl (C=O) groups excluding carboxylic acids is 1. The number of nitrogens with zero attached hydrogens (tertiary/aromatic N) is 6. The van der Waals surface area contributed by atoms with Gasteiger partial charge in [-0.15, -0.1) is 11.3 Å². The van der Waals surface area contributed by atoms with E-state index in [2.05, 4.69) is 25.8 Å². The van der Waals surface area contributed by atoms with E-state index in [9.17, 15) is 9.90 Å². The highest BCUT2D eigenvalue weighted by molar-refractivity contribution is 7.19. The van der Waals surface area contributed by atoms with E-state index in [-0.39, 0.29) is 0 Å². The quantitative estimate of drug-likeness (QED) is 0.457. The van der Waals surface area contributed by atoms with Gasteiger partial charge in [-0.3, -0.25) is 9.80 Å². The maximum Gasteiger partial charge on any atom is 0.212 e. The van der Waals surface area contributed by atoms with Crippen LogP contribution in [-0.4, -0.2) is 108 Å². The van der Waals surface area contributed by atoms with E-state index in [1.54, 1.807) is 24.6 Å². The van der Waals surface area contributed by atoms with Gasteiger partial charge in [0.05, 0.1) is 30.5 Å². The molecule has 2 saturated heterocycles. The summed E-state index contributed by atoms with van der Waals surface area (Å²) in [7, 11) is 1.60. The van der Waals surface area contributed by atoms with E-state index in [1.807, 2.05) is 12.1 Å². The number of thiophene rings is 1. The number of ether oxygens (including phenoxy) is 2. The number of aldehydes is 1. The lowest BCUT2D eigenvalue weighted by molar-refractivity contribution is -0.115. The van der Waals surface area contributed by atoms with E-state index >= 15 is 0 Å². The molecule has 1 N–H and O–H groups in total. The second-order valence-corrected chi connectivity index (χ2v) is 9.90. The predicted octanol–water partition coefficient (Wildman–Crippen LogP) is 1.28. The molecule has 186 valence electrons. The number of aromatic nitrogens is 3. The number of morpholine rings is 1. The molecule has 1 atom stereocenters. The standard InChI is InChI=1S/C24H30N6O4S/c1-33-21-3-2-17(13-25-21)23-26-20-12-19(15-29-6-4-28(5-7-29)14-18(32)16-31)35-22(20)24(27-23)30-8-10-34-11-9-30/h2-3,12-13,16,18,32H,4-11,14-15H2,1H3/t18-/m0/s1. The van der Waals surface area contributed by atoms with Gasteiger partial charge in [0.25, 0.3) is 0 Å². The maximum atomic E-state index is 10.7. The van der Waals surface area contributed by atoms with Crippen LogP contribution >= 0.6 is 11.3 Å². The second kappa shape index (κ2) is 10.9. The van der Waals surface area contributed by atoms with Crippen LogP contribution in [0.5, 0.6) is 5.88 Å². The summed E-state index contributed by atoms with van der Waals surface area (Å²) in [4.78, 5) is 33.0. The molecule has 0 amide bonds. The fourth-order valence-electron chi connectivity index (χ4n) is 4.45. The second-order valence-electron chi connectivity index (χ2n) is 8.77. The largest absolute Gasteiger partial charge is 0.481 e. The average Bonchev–Trinajstić information content (AvgIpc) is 3.32. The summed E-state index contributed by atoms with van der Waals surface area (Å²) in [5, 5.41) is 9.60. The molecule has 5 heterocycles. The molecule has 0 saturated carbocycles. The van der Waals surface area contributed by atoms with Crippen molar-refractivity contribution in [3.05, 3.63) is 29.3 Å². The molecule has 2 fully saturated rings. The van der Waals surface area contributed by atoms with Crippen molar-refractivity contribution in [3.8, 4) is 17.3 Å². The van der Waals surface area contributed by atoms with Crippen molar-refractivity contribution in [1.82, 2.24) is 24.8 Å². The Kier molecular flexibility index (Phi) is 7.49. The zero-order chi connectivity index (χ0) is 24.2. The predicted molar refractivity (Wildman–Crippen MR) is 134 cm³/mol. The van der Waals surface area contributed by atoms with Crippen LogP contribution in [0, 0.1) is 0 Å². The number of hydrogen-bond donors (Lipinski definition) is 1. The van der Waals surface area contributed by atoms with Crippen molar-refractivity contribution in [2.45, 2.75) is 12.6 Å². The Balaban J connectivity index is 1.39. The third kappa shape index (κ3) is 5.60. The smallest absolute Gasteiger partial charge is 0.212 e. The SMILES string of the molecule is COc1ccc(-c2nc(N3CCOCC3)c3sc(CN4CCN(C[C@H](O)C=O)CC4)cc3n2)cn1. The van der Waals surface area contributed by atoms with Crippen LogP contribution in [0.2, 0.25) is 0 Å². The zero-order valence-corrected chi connectivity index (χ0v) is 20.6. The van der Waals surface area contributed by atoms with Crippen LogP contribution in [0.25, 0.3) is 21.6 Å². The molecule has 11 heteroatoms. The third-order valence-corrected chi connectivity index (χ3v) is 7.47. The van der Waals surface area contributed by atoms with Gasteiger partial charge in [0.1, 0.15) is 12.4 Å². The Morgan fingerprint density at radius 3 is 2.60 bits per heavy atom. The van der Waals surface area contributed by atoms with E-state index < -0.39 is 6.10 Å². The number of piperazine rings is 1. The molecule has 0 unspecified atom stereocenters. The highest BCUT2D eigenvalue weighted by Crippen LogP contribution is 2.35. The number of methoxy groups -OCH3 is 1. The van der Waals surface area contributed by atoms with Crippen LogP contribution in [-0.2, 0) is 16.1 Å². The molecule has 0 radical (unpaired) electrons. The molecular formula is C24H30N6O4S. The Labute approximate surface area is 208 Å². The summed E-state index contributed by atoms with van der Waals surface area (Å²) in [5.74, 6) is 2.16. The topological polar surface area (TPSA) is 104 Å². The molecule has 0 aromatic carbocycles. The number of carbonyl (C=O) groups is 1. The summed E-state index contributed by atoms with van der Waals surface area (Å²) in [6.45, 7) is 7.68. The first-order chi connectivity index (χ1) is 17.1. The minimum Gasteiger partial charge on any atom is -0.481 e. The lowest BCUT2D eigenvalue weighted by atomic mass is 10.2. The van der Waals surface area contributed by atoms with Gasteiger partial charge in [-0.1, -0.05) is 0 Å². The number of anilines is 1. The normalized spacial score (nSPS) is 18.6. The lowest BCUT2D eigenvalue weighted by Crippen LogP contribution is -2.48. The number of hydrogen-bond acceptors (Lipinski definition) is 11. The first-order valence-electron chi connectivity index (χ1n) is 11.8. The Bertz CT molecular complexity index is 1140. The van der Waals surface area contributed by atoms with Crippen molar-refractivity contribution in [3.63, 3.8) is 0 Å². The Morgan fingerprint density at radius 2 is 1.91 bits per heavy atom. The number of fused-ring (bicyclic) bond motifs is 1. The minimum absolute atomic E-state index is 0.404. The van der Waals surface area contributed by atoms with Crippen molar-refractivity contribution >= 4 is 33.7 Å². The first kappa shape index (κ1) is 24.0. The molecule has 3 aromatic rings. The van der Waals surface area contributed by atoms with Gasteiger partial charge in [-0.25, -0.2) is 15.0 Å². The number of pyridine rings is 1. The number of rotatable bonds is 8. The minimum atomic E-state index is -0.906. The lowest BCUT2D eigenvalue weighted by Gasteiger charge is -2.34. The van der Waals surface area contributed by atoms with E-state index in [0.29, 0.717) is 37.7 Å². The first-order valence-corrected chi connectivity index (χ1v) is 12.7. The Hall–Kier alpha value is -2.70. The fraction of sp³-hybridized carbons (Fsp3) is 0.500. The van der Waals surface area contributed by atoms with Crippen LogP contribution in [0.15, 0.2) is 24.4 Å². The molecular weight excluding hydrogens is 468 g/mol. The van der Waals surface area contributed by atoms with Crippen molar-refractivity contribution in [2.75, 3.05) is 71.0 Å². The molecule has 3 aromatic heterocycles. The third-order valence-electron chi connectivity index (χ3n) is 6.37. The number of β-amino-alcohol motifs (C(OH)–C–C–N with tert-alkyl or cyclic N) is 1. The van der Waals surface area contributed by atoms with Gasteiger partial charge < -0.3 is 24.3 Å². The summed E-state index contributed by atoms with van der Waals surface area (Å²) in [6, 6.07) is 5.93. The molecule has 0 bridgehead atoms. The van der Waals surface area contributed by atoms with Crippen LogP contribution in [0.4, 0.5) is 5.82 Å². The summed E-state index contributed by atoms with van der Waals surface area (Å²) in [5.41, 5.74) is 1.80. The van der Waals surface area contributed by atoms with Crippen molar-refractivity contribution in [2.24, 2.45) is 0 Å². The van der Waals surface area contributed by atoms with E-state index in [0.717, 1.165) is 67.4 Å².